The van der Waals surface area contributed by atoms with E-state index in [1.54, 1.807) is 74.5 Å². The fraction of sp³-hybridized carbons (Fsp3) is 0.182. The molecule has 0 spiro atoms. The monoisotopic (exact) mass is 914 g/mol. The smallest absolute Gasteiger partial charge is 0.258 e. The Kier molecular flexibility index (Phi) is 16.2. The van der Waals surface area contributed by atoms with Gasteiger partial charge in [-0.2, -0.15) is 20.5 Å². The van der Waals surface area contributed by atoms with Crippen molar-refractivity contribution >= 4 is 116 Å². The number of amides is 4. The second kappa shape index (κ2) is 21.5. The van der Waals surface area contributed by atoms with Gasteiger partial charge in [-0.05, 0) is 111 Å². The summed E-state index contributed by atoms with van der Waals surface area (Å²) in [4.78, 5) is 78.1. The van der Waals surface area contributed by atoms with Crippen LogP contribution in [0.5, 0.6) is 0 Å². The second-order valence-electron chi connectivity index (χ2n) is 13.8. The van der Waals surface area contributed by atoms with Crippen LogP contribution in [-0.4, -0.2) is 47.3 Å². The summed E-state index contributed by atoms with van der Waals surface area (Å²) in [5.41, 5.74) is 4.61. The van der Waals surface area contributed by atoms with Gasteiger partial charge in [-0.25, -0.2) is 0 Å². The van der Waals surface area contributed by atoms with Gasteiger partial charge >= 0.3 is 0 Å². The lowest BCUT2D eigenvalue weighted by molar-refractivity contribution is -0.127. The molecule has 5 aromatic rings. The van der Waals surface area contributed by atoms with Gasteiger partial charge < -0.3 is 21.3 Å². The summed E-state index contributed by atoms with van der Waals surface area (Å²) in [5, 5.41) is 27.4. The maximum Gasteiger partial charge on any atom is 0.258 e. The van der Waals surface area contributed by atoms with Crippen LogP contribution in [0, 0.1) is 13.8 Å². The van der Waals surface area contributed by atoms with Crippen LogP contribution >= 0.6 is 46.4 Å². The van der Waals surface area contributed by atoms with Gasteiger partial charge in [0.15, 0.2) is 11.6 Å². The number of azo groups is 2. The normalized spacial score (nSPS) is 12.1. The molecule has 2 atom stereocenters. The summed E-state index contributed by atoms with van der Waals surface area (Å²) in [5.74, 6) is -3.44. The Bertz CT molecular complexity index is 2610. The third-order valence-electron chi connectivity index (χ3n) is 9.00. The summed E-state index contributed by atoms with van der Waals surface area (Å²) < 4.78 is 0. The van der Waals surface area contributed by atoms with Crippen molar-refractivity contribution in [3.63, 3.8) is 0 Å². The van der Waals surface area contributed by atoms with Crippen molar-refractivity contribution in [2.75, 3.05) is 21.3 Å². The highest BCUT2D eigenvalue weighted by molar-refractivity contribution is 6.32. The Morgan fingerprint density at radius 3 is 1.35 bits per heavy atom. The molecule has 0 bridgehead atoms. The third kappa shape index (κ3) is 12.4. The number of alkyl halides is 2. The van der Waals surface area contributed by atoms with E-state index in [0.29, 0.717) is 39.3 Å². The van der Waals surface area contributed by atoms with E-state index in [0.717, 1.165) is 0 Å². The largest absolute Gasteiger partial charge is 0.324 e. The summed E-state index contributed by atoms with van der Waals surface area (Å²) in [7, 11) is 0. The number of rotatable bonds is 16. The maximum absolute atomic E-state index is 13.4. The van der Waals surface area contributed by atoms with Gasteiger partial charge in [-0.3, -0.25) is 28.8 Å². The number of halogens is 4. The molecule has 0 fully saturated rings. The molecule has 0 heterocycles. The zero-order valence-corrected chi connectivity index (χ0v) is 36.6. The number of carbonyl (C=O) groups excluding carboxylic acids is 6. The van der Waals surface area contributed by atoms with Gasteiger partial charge in [0.1, 0.15) is 0 Å². The van der Waals surface area contributed by atoms with E-state index in [-0.39, 0.29) is 50.0 Å². The summed E-state index contributed by atoms with van der Waals surface area (Å²) >= 11 is 24.6. The number of nitrogens with zero attached hydrogens (tertiary/aromatic N) is 4. The molecule has 0 radical (unpaired) electrons. The van der Waals surface area contributed by atoms with E-state index in [9.17, 15) is 28.8 Å². The van der Waals surface area contributed by atoms with E-state index >= 15 is 0 Å². The SMILES string of the molecule is CC(=O)C(N=Nc1cc(Cl)cc(C(=O)Nc2ccccc2CCl)c1)C(=O)Nc1cc(C)c(NC(=O)C(N=Nc2cc(Cl)cc(C(=O)Nc3ccccc3CCl)c2)C(C)=O)c(C)c1. The highest BCUT2D eigenvalue weighted by Crippen LogP contribution is 2.29. The fourth-order valence-electron chi connectivity index (χ4n) is 5.95. The summed E-state index contributed by atoms with van der Waals surface area (Å²) in [6.07, 6.45) is 0. The van der Waals surface area contributed by atoms with Crippen molar-refractivity contribution in [2.45, 2.75) is 51.5 Å². The molecule has 318 valence electrons. The summed E-state index contributed by atoms with van der Waals surface area (Å²) in [6.45, 7) is 5.69. The van der Waals surface area contributed by atoms with E-state index in [4.69, 9.17) is 46.4 Å². The van der Waals surface area contributed by atoms with Crippen LogP contribution in [0.4, 0.5) is 34.1 Å². The van der Waals surface area contributed by atoms with Crippen LogP contribution in [0.3, 0.4) is 0 Å². The number of Topliss-reactive ketones (excluding diaryl/α,β-unsaturated/α-hetero) is 2. The summed E-state index contributed by atoms with van der Waals surface area (Å²) in [6, 6.07) is 22.5. The number of benzene rings is 5. The van der Waals surface area contributed by atoms with Gasteiger partial charge in [0, 0.05) is 55.7 Å². The Morgan fingerprint density at radius 2 is 0.952 bits per heavy atom. The standard InChI is InChI=1S/C44H38Cl4N8O6/c1-23-13-33(49-43(61)39(25(3)57)55-53-34-17-29(15-31(47)19-34)41(59)50-36-11-7-5-9-27(36)21-45)14-24(2)38(23)52-44(62)40(26(4)58)56-54-35-18-30(16-32(48)20-35)42(60)51-37-12-8-6-10-28(37)22-46/h5-20,39-40H,21-22H2,1-4H3,(H,49,61)(H,50,59)(H,51,60)(H,52,62). The molecule has 18 heteroatoms. The van der Waals surface area contributed by atoms with Crippen LogP contribution in [0.1, 0.15) is 56.8 Å². The van der Waals surface area contributed by atoms with E-state index in [1.165, 1.54) is 50.2 Å². The number of hydrogen-bond acceptors (Lipinski definition) is 10. The highest BCUT2D eigenvalue weighted by Gasteiger charge is 2.26. The molecule has 0 aliphatic carbocycles. The minimum atomic E-state index is -1.57. The molecule has 4 N–H and O–H groups in total. The topological polar surface area (TPSA) is 200 Å². The average Bonchev–Trinajstić information content (AvgIpc) is 3.22. The average molecular weight is 917 g/mol. The van der Waals surface area contributed by atoms with Crippen molar-refractivity contribution in [1.82, 2.24) is 0 Å². The lowest BCUT2D eigenvalue weighted by Crippen LogP contribution is -2.33. The molecule has 0 aromatic heterocycles. The molecular formula is C44H38Cl4N8O6. The minimum absolute atomic E-state index is 0.118. The Morgan fingerprint density at radius 1 is 0.548 bits per heavy atom. The van der Waals surface area contributed by atoms with Crippen molar-refractivity contribution in [1.29, 1.82) is 0 Å². The number of hydrogen-bond donors (Lipinski definition) is 4. The van der Waals surface area contributed by atoms with Gasteiger partial charge in [0.05, 0.1) is 11.4 Å². The van der Waals surface area contributed by atoms with Gasteiger partial charge in [0.25, 0.3) is 23.6 Å². The van der Waals surface area contributed by atoms with Crippen molar-refractivity contribution in [2.24, 2.45) is 20.5 Å². The number of nitrogens with one attached hydrogen (secondary N) is 4. The van der Waals surface area contributed by atoms with E-state index < -0.39 is 47.3 Å². The zero-order chi connectivity index (χ0) is 45.1. The fourth-order valence-corrected chi connectivity index (χ4v) is 6.88. The van der Waals surface area contributed by atoms with Crippen molar-refractivity contribution < 1.29 is 28.8 Å². The Hall–Kier alpha value is -6.32. The number of anilines is 4. The first-order valence-electron chi connectivity index (χ1n) is 18.6. The van der Waals surface area contributed by atoms with Gasteiger partial charge in [0.2, 0.25) is 12.1 Å². The number of para-hydroxylation sites is 2. The third-order valence-corrected chi connectivity index (χ3v) is 10.0. The van der Waals surface area contributed by atoms with Crippen molar-refractivity contribution in [3.05, 3.63) is 140 Å². The molecule has 62 heavy (non-hydrogen) atoms. The van der Waals surface area contributed by atoms with E-state index in [1.807, 2.05) is 0 Å². The molecule has 14 nitrogen and oxygen atoms in total. The van der Waals surface area contributed by atoms with Gasteiger partial charge in [-0.1, -0.05) is 59.6 Å². The lowest BCUT2D eigenvalue weighted by atomic mass is 10.1. The first-order chi connectivity index (χ1) is 29.6. The van der Waals surface area contributed by atoms with Gasteiger partial charge in [-0.15, -0.1) is 23.2 Å². The molecule has 0 saturated heterocycles. The molecule has 4 amide bonds. The minimum Gasteiger partial charge on any atom is -0.324 e. The predicted octanol–water partition coefficient (Wildman–Crippen LogP) is 11.0. The zero-order valence-electron chi connectivity index (χ0n) is 33.6. The Balaban J connectivity index is 1.26. The number of ketones is 2. The van der Waals surface area contributed by atoms with Crippen LogP contribution in [0.2, 0.25) is 10.0 Å². The first kappa shape index (κ1) is 46.7. The number of carbonyl (C=O) groups is 6. The maximum atomic E-state index is 13.4. The van der Waals surface area contributed by atoms with Crippen LogP contribution in [0.25, 0.3) is 0 Å². The molecule has 0 saturated carbocycles. The molecule has 0 aliphatic rings. The van der Waals surface area contributed by atoms with E-state index in [2.05, 4.69) is 41.7 Å². The number of aryl methyl sites for hydroxylation is 2. The first-order valence-corrected chi connectivity index (χ1v) is 20.5. The van der Waals surface area contributed by atoms with Crippen LogP contribution < -0.4 is 21.3 Å². The van der Waals surface area contributed by atoms with Crippen molar-refractivity contribution in [3.8, 4) is 0 Å². The molecular weight excluding hydrogens is 878 g/mol. The Labute approximate surface area is 376 Å². The van der Waals surface area contributed by atoms with Crippen LogP contribution in [0.15, 0.2) is 118 Å². The second-order valence-corrected chi connectivity index (χ2v) is 15.2. The highest BCUT2D eigenvalue weighted by atomic mass is 35.5. The lowest BCUT2D eigenvalue weighted by Gasteiger charge is -2.17. The molecule has 2 unspecified atom stereocenters. The molecule has 5 aromatic carbocycles. The molecule has 0 aliphatic heterocycles. The molecule has 5 rings (SSSR count). The predicted molar refractivity (Wildman–Crippen MR) is 242 cm³/mol. The quantitative estimate of drug-likeness (QED) is 0.0431. The van der Waals surface area contributed by atoms with Crippen LogP contribution in [-0.2, 0) is 30.9 Å².